The molecule has 100 valence electrons. The van der Waals surface area contributed by atoms with E-state index < -0.39 is 5.97 Å². The van der Waals surface area contributed by atoms with Crippen LogP contribution in [-0.4, -0.2) is 25.8 Å². The van der Waals surface area contributed by atoms with Crippen LogP contribution in [0.1, 0.15) is 35.4 Å². The third-order valence-electron chi connectivity index (χ3n) is 2.73. The van der Waals surface area contributed by atoms with Crippen molar-refractivity contribution in [2.45, 2.75) is 26.7 Å². The first-order valence-corrected chi connectivity index (χ1v) is 5.98. The van der Waals surface area contributed by atoms with Gasteiger partial charge in [0.25, 0.3) is 5.82 Å². The number of aryl methyl sites for hydroxylation is 2. The zero-order valence-electron chi connectivity index (χ0n) is 10.7. The van der Waals surface area contributed by atoms with Gasteiger partial charge in [-0.05, 0) is 37.1 Å². The average molecular weight is 263 g/mol. The van der Waals surface area contributed by atoms with Crippen molar-refractivity contribution >= 4 is 5.97 Å². The fourth-order valence-corrected chi connectivity index (χ4v) is 1.87. The number of halogens is 1. The number of hydrogen-bond donors (Lipinski definition) is 1. The third-order valence-corrected chi connectivity index (χ3v) is 2.73. The van der Waals surface area contributed by atoms with Crippen LogP contribution in [0.4, 0.5) is 4.39 Å². The van der Waals surface area contributed by atoms with E-state index >= 15 is 0 Å². The average Bonchev–Trinajstić information content (AvgIpc) is 2.74. The Balaban J connectivity index is 2.56. The molecule has 6 heteroatoms. The summed E-state index contributed by atoms with van der Waals surface area (Å²) in [5.74, 6) is -1.19. The van der Waals surface area contributed by atoms with Gasteiger partial charge in [-0.25, -0.2) is 18.9 Å². The van der Waals surface area contributed by atoms with Crippen molar-refractivity contribution in [2.75, 3.05) is 0 Å². The second-order valence-electron chi connectivity index (χ2n) is 4.25. The van der Waals surface area contributed by atoms with E-state index in [-0.39, 0.29) is 11.6 Å². The topological polar surface area (TPSA) is 68.0 Å². The van der Waals surface area contributed by atoms with Gasteiger partial charge in [-0.3, -0.25) is 0 Å². The Hall–Kier alpha value is -2.24. The molecular formula is C13H14FN3O2. The second kappa shape index (κ2) is 5.17. The molecule has 0 aliphatic heterocycles. The van der Waals surface area contributed by atoms with Crippen LogP contribution in [0.15, 0.2) is 18.2 Å². The first kappa shape index (κ1) is 13.2. The molecule has 19 heavy (non-hydrogen) atoms. The minimum Gasteiger partial charge on any atom is -0.475 e. The minimum atomic E-state index is -1.17. The van der Waals surface area contributed by atoms with Gasteiger partial charge in [0, 0.05) is 6.42 Å². The zero-order valence-corrected chi connectivity index (χ0v) is 10.7. The number of benzene rings is 1. The number of hydrogen-bond acceptors (Lipinski definition) is 3. The largest absolute Gasteiger partial charge is 0.475 e. The Bertz CT molecular complexity index is 622. The van der Waals surface area contributed by atoms with Crippen molar-refractivity contribution in [3.63, 3.8) is 0 Å². The van der Waals surface area contributed by atoms with E-state index in [1.807, 2.05) is 6.92 Å². The molecule has 1 N–H and O–H groups in total. The molecule has 0 unspecified atom stereocenters. The molecule has 0 aliphatic carbocycles. The van der Waals surface area contributed by atoms with E-state index in [0.717, 1.165) is 6.42 Å². The first-order valence-electron chi connectivity index (χ1n) is 5.98. The monoisotopic (exact) mass is 263 g/mol. The quantitative estimate of drug-likeness (QED) is 0.919. The fraction of sp³-hybridized carbons (Fsp3) is 0.308. The van der Waals surface area contributed by atoms with Crippen LogP contribution >= 0.6 is 0 Å². The molecule has 2 aromatic rings. The summed E-state index contributed by atoms with van der Waals surface area (Å²) in [4.78, 5) is 14.9. The van der Waals surface area contributed by atoms with Crippen LogP contribution in [0.2, 0.25) is 0 Å². The Morgan fingerprint density at radius 1 is 1.47 bits per heavy atom. The molecular weight excluding hydrogens is 249 g/mol. The Morgan fingerprint density at radius 3 is 2.79 bits per heavy atom. The van der Waals surface area contributed by atoms with Crippen molar-refractivity contribution in [3.8, 4) is 5.69 Å². The van der Waals surface area contributed by atoms with Gasteiger partial charge < -0.3 is 5.11 Å². The number of aromatic nitrogens is 3. The highest BCUT2D eigenvalue weighted by molar-refractivity contribution is 5.83. The van der Waals surface area contributed by atoms with Crippen LogP contribution in [-0.2, 0) is 6.42 Å². The summed E-state index contributed by atoms with van der Waals surface area (Å²) in [7, 11) is 0. The number of carboxylic acid groups (broad SMARTS) is 1. The number of rotatable bonds is 4. The van der Waals surface area contributed by atoms with Gasteiger partial charge in [0.2, 0.25) is 0 Å². The van der Waals surface area contributed by atoms with Gasteiger partial charge >= 0.3 is 5.97 Å². The maximum absolute atomic E-state index is 13.1. The summed E-state index contributed by atoms with van der Waals surface area (Å²) in [5, 5.41) is 12.9. The van der Waals surface area contributed by atoms with E-state index in [1.54, 1.807) is 13.0 Å². The zero-order chi connectivity index (χ0) is 14.0. The molecule has 0 radical (unpaired) electrons. The lowest BCUT2D eigenvalue weighted by molar-refractivity contribution is 0.0683. The van der Waals surface area contributed by atoms with Gasteiger partial charge in [-0.15, -0.1) is 5.10 Å². The molecule has 1 aromatic carbocycles. The normalized spacial score (nSPS) is 10.7. The molecule has 2 rings (SSSR count). The predicted octanol–water partition coefficient (Wildman–Crippen LogP) is 2.37. The maximum Gasteiger partial charge on any atom is 0.375 e. The smallest absolute Gasteiger partial charge is 0.375 e. The summed E-state index contributed by atoms with van der Waals surface area (Å²) in [5.41, 5.74) is 1.32. The van der Waals surface area contributed by atoms with Crippen LogP contribution in [0.3, 0.4) is 0 Å². The molecule has 5 nitrogen and oxygen atoms in total. The van der Waals surface area contributed by atoms with Crippen LogP contribution < -0.4 is 0 Å². The van der Waals surface area contributed by atoms with E-state index in [0.29, 0.717) is 23.5 Å². The van der Waals surface area contributed by atoms with Gasteiger partial charge in [-0.2, -0.15) is 0 Å². The number of carbonyl (C=O) groups is 1. The predicted molar refractivity (Wildman–Crippen MR) is 67.0 cm³/mol. The first-order chi connectivity index (χ1) is 9.02. The number of carboxylic acids is 1. The van der Waals surface area contributed by atoms with Crippen molar-refractivity contribution in [1.29, 1.82) is 0 Å². The highest BCUT2D eigenvalue weighted by Gasteiger charge is 2.17. The SMILES string of the molecule is CCCc1nc(C(=O)O)nn1-c1ccc(F)cc1C. The molecule has 0 aliphatic rings. The van der Waals surface area contributed by atoms with E-state index in [2.05, 4.69) is 10.1 Å². The van der Waals surface area contributed by atoms with Crippen molar-refractivity contribution in [2.24, 2.45) is 0 Å². The molecule has 0 amide bonds. The minimum absolute atomic E-state index is 0.243. The van der Waals surface area contributed by atoms with Gasteiger partial charge in [0.15, 0.2) is 0 Å². The van der Waals surface area contributed by atoms with Crippen LogP contribution in [0.25, 0.3) is 5.69 Å². The molecule has 0 atom stereocenters. The van der Waals surface area contributed by atoms with E-state index in [4.69, 9.17) is 5.11 Å². The molecule has 0 fully saturated rings. The van der Waals surface area contributed by atoms with Crippen molar-refractivity contribution < 1.29 is 14.3 Å². The summed E-state index contributed by atoms with van der Waals surface area (Å²) in [6.45, 7) is 3.72. The second-order valence-corrected chi connectivity index (χ2v) is 4.25. The summed E-state index contributed by atoms with van der Waals surface area (Å²) in [6.07, 6.45) is 1.43. The summed E-state index contributed by atoms with van der Waals surface area (Å²) >= 11 is 0. The maximum atomic E-state index is 13.1. The molecule has 1 heterocycles. The number of nitrogens with zero attached hydrogens (tertiary/aromatic N) is 3. The highest BCUT2D eigenvalue weighted by atomic mass is 19.1. The molecule has 0 bridgehead atoms. The van der Waals surface area contributed by atoms with Crippen molar-refractivity contribution in [3.05, 3.63) is 41.2 Å². The Morgan fingerprint density at radius 2 is 2.21 bits per heavy atom. The van der Waals surface area contributed by atoms with Gasteiger partial charge in [0.05, 0.1) is 5.69 Å². The molecule has 0 saturated heterocycles. The lowest BCUT2D eigenvalue weighted by Crippen LogP contribution is -2.05. The van der Waals surface area contributed by atoms with Crippen molar-refractivity contribution in [1.82, 2.24) is 14.8 Å². The fourth-order valence-electron chi connectivity index (χ4n) is 1.87. The number of aromatic carboxylic acids is 1. The van der Waals surface area contributed by atoms with Crippen LogP contribution in [0, 0.1) is 12.7 Å². The summed E-state index contributed by atoms with van der Waals surface area (Å²) in [6, 6.07) is 4.28. The lowest BCUT2D eigenvalue weighted by atomic mass is 10.2. The third kappa shape index (κ3) is 2.62. The highest BCUT2D eigenvalue weighted by Crippen LogP contribution is 2.17. The summed E-state index contributed by atoms with van der Waals surface area (Å²) < 4.78 is 14.6. The molecule has 0 saturated carbocycles. The van der Waals surface area contributed by atoms with Gasteiger partial charge in [-0.1, -0.05) is 6.92 Å². The van der Waals surface area contributed by atoms with E-state index in [1.165, 1.54) is 16.8 Å². The molecule has 0 spiro atoms. The Labute approximate surface area is 109 Å². The van der Waals surface area contributed by atoms with Gasteiger partial charge in [0.1, 0.15) is 11.6 Å². The molecule has 1 aromatic heterocycles. The Kier molecular flexibility index (Phi) is 3.59. The standard InChI is InChI=1S/C13H14FN3O2/c1-3-4-11-15-12(13(18)19)16-17(11)10-6-5-9(14)7-8(10)2/h5-7H,3-4H2,1-2H3,(H,18,19). The van der Waals surface area contributed by atoms with Crippen LogP contribution in [0.5, 0.6) is 0 Å². The lowest BCUT2D eigenvalue weighted by Gasteiger charge is -2.08. The van der Waals surface area contributed by atoms with E-state index in [9.17, 15) is 9.18 Å².